The summed E-state index contributed by atoms with van der Waals surface area (Å²) in [6.07, 6.45) is -0.256. The third-order valence-corrected chi connectivity index (χ3v) is 4.63. The Morgan fingerprint density at radius 2 is 1.20 bits per heavy atom. The van der Waals surface area contributed by atoms with Gasteiger partial charge in [-0.25, -0.2) is 0 Å². The molecule has 0 aliphatic rings. The molecular formula is C21H28O4. The highest BCUT2D eigenvalue weighted by Gasteiger charge is 2.23. The molecule has 0 saturated carbocycles. The molecule has 0 fully saturated rings. The van der Waals surface area contributed by atoms with Crippen LogP contribution in [0.15, 0.2) is 6.07 Å². The third-order valence-electron chi connectivity index (χ3n) is 4.63. The van der Waals surface area contributed by atoms with Crippen LogP contribution in [0, 0.1) is 32.6 Å². The number of ketones is 4. The topological polar surface area (TPSA) is 68.3 Å². The van der Waals surface area contributed by atoms with E-state index in [9.17, 15) is 19.2 Å². The highest BCUT2D eigenvalue weighted by Crippen LogP contribution is 2.25. The molecule has 1 aromatic rings. The minimum Gasteiger partial charge on any atom is -0.299 e. The molecule has 0 radical (unpaired) electrons. The van der Waals surface area contributed by atoms with E-state index >= 15 is 0 Å². The van der Waals surface area contributed by atoms with E-state index in [2.05, 4.69) is 0 Å². The van der Waals surface area contributed by atoms with Gasteiger partial charge in [-0.2, -0.15) is 0 Å². The zero-order valence-electron chi connectivity index (χ0n) is 16.3. The molecular weight excluding hydrogens is 316 g/mol. The van der Waals surface area contributed by atoms with E-state index in [4.69, 9.17) is 0 Å². The van der Waals surface area contributed by atoms with Crippen molar-refractivity contribution in [3.63, 3.8) is 0 Å². The molecule has 0 spiro atoms. The van der Waals surface area contributed by atoms with E-state index in [1.807, 2.05) is 0 Å². The van der Waals surface area contributed by atoms with Crippen molar-refractivity contribution in [2.24, 2.45) is 11.8 Å². The predicted molar refractivity (Wildman–Crippen MR) is 98.2 cm³/mol. The van der Waals surface area contributed by atoms with Gasteiger partial charge in [0.05, 0.1) is 12.8 Å². The molecule has 0 aliphatic carbocycles. The molecule has 0 aliphatic heterocycles. The first kappa shape index (κ1) is 20.9. The Morgan fingerprint density at radius 1 is 0.760 bits per heavy atom. The SMILES string of the molecule is Cc1cc(C(=O)CC(=O)C(C)C)c(C)c(C)c1C(=O)CC(=O)C(C)C. The molecule has 0 unspecified atom stereocenters. The van der Waals surface area contributed by atoms with E-state index < -0.39 is 0 Å². The summed E-state index contributed by atoms with van der Waals surface area (Å²) in [5.74, 6) is -0.997. The minimum atomic E-state index is -0.223. The largest absolute Gasteiger partial charge is 0.299 e. The van der Waals surface area contributed by atoms with Crippen LogP contribution < -0.4 is 0 Å². The van der Waals surface area contributed by atoms with Crippen molar-refractivity contribution in [1.29, 1.82) is 0 Å². The van der Waals surface area contributed by atoms with Gasteiger partial charge in [0.2, 0.25) is 0 Å². The van der Waals surface area contributed by atoms with Crippen molar-refractivity contribution in [1.82, 2.24) is 0 Å². The zero-order chi connectivity index (χ0) is 19.5. The number of benzene rings is 1. The van der Waals surface area contributed by atoms with Crippen molar-refractivity contribution in [2.45, 2.75) is 61.3 Å². The summed E-state index contributed by atoms with van der Waals surface area (Å²) < 4.78 is 0. The van der Waals surface area contributed by atoms with Crippen LogP contribution in [0.2, 0.25) is 0 Å². The Labute approximate surface area is 150 Å². The molecule has 0 aromatic heterocycles. The van der Waals surface area contributed by atoms with E-state index in [1.54, 1.807) is 54.5 Å². The van der Waals surface area contributed by atoms with Gasteiger partial charge in [0.25, 0.3) is 0 Å². The Bertz CT molecular complexity index is 724. The fraction of sp³-hybridized carbons (Fsp3) is 0.524. The normalized spacial score (nSPS) is 11.1. The summed E-state index contributed by atoms with van der Waals surface area (Å²) in [6, 6.07) is 1.67. The fourth-order valence-electron chi connectivity index (χ4n) is 2.71. The second-order valence-corrected chi connectivity index (χ2v) is 7.31. The van der Waals surface area contributed by atoms with Gasteiger partial charge in [-0.3, -0.25) is 19.2 Å². The van der Waals surface area contributed by atoms with Gasteiger partial charge in [0.15, 0.2) is 11.6 Å². The molecule has 0 saturated heterocycles. The third kappa shape index (κ3) is 4.94. The van der Waals surface area contributed by atoms with E-state index in [1.165, 1.54) is 0 Å². The lowest BCUT2D eigenvalue weighted by Crippen LogP contribution is -2.18. The van der Waals surface area contributed by atoms with Gasteiger partial charge in [-0.05, 0) is 43.5 Å². The molecule has 4 heteroatoms. The number of hydrogen-bond donors (Lipinski definition) is 0. The Hall–Kier alpha value is -2.10. The van der Waals surface area contributed by atoms with Gasteiger partial charge >= 0.3 is 0 Å². The van der Waals surface area contributed by atoms with Crippen LogP contribution >= 0.6 is 0 Å². The number of hydrogen-bond acceptors (Lipinski definition) is 4. The van der Waals surface area contributed by atoms with E-state index in [0.29, 0.717) is 27.8 Å². The second kappa shape index (κ2) is 8.32. The number of aryl methyl sites for hydroxylation is 1. The summed E-state index contributed by atoms with van der Waals surface area (Å²) in [7, 11) is 0. The summed E-state index contributed by atoms with van der Waals surface area (Å²) >= 11 is 0. The minimum absolute atomic E-state index is 0.0934. The highest BCUT2D eigenvalue weighted by molar-refractivity contribution is 6.12. The van der Waals surface area contributed by atoms with E-state index in [0.717, 1.165) is 0 Å². The molecule has 0 amide bonds. The van der Waals surface area contributed by atoms with Crippen molar-refractivity contribution in [3.8, 4) is 0 Å². The van der Waals surface area contributed by atoms with Gasteiger partial charge in [0, 0.05) is 23.0 Å². The van der Waals surface area contributed by atoms with Gasteiger partial charge in [-0.1, -0.05) is 27.7 Å². The van der Waals surface area contributed by atoms with Crippen LogP contribution in [0.1, 0.15) is 77.9 Å². The number of rotatable bonds is 8. The first-order chi connectivity index (χ1) is 11.5. The number of carbonyl (C=O) groups is 4. The van der Waals surface area contributed by atoms with Crippen molar-refractivity contribution in [3.05, 3.63) is 33.9 Å². The summed E-state index contributed by atoms with van der Waals surface area (Å²) in [5, 5.41) is 0. The lowest BCUT2D eigenvalue weighted by Gasteiger charge is -2.16. The maximum Gasteiger partial charge on any atom is 0.170 e. The Balaban J connectivity index is 3.21. The number of carbonyl (C=O) groups excluding carboxylic acids is 4. The fourth-order valence-corrected chi connectivity index (χ4v) is 2.71. The maximum atomic E-state index is 12.5. The molecule has 0 bridgehead atoms. The average molecular weight is 344 g/mol. The van der Waals surface area contributed by atoms with Crippen molar-refractivity contribution < 1.29 is 19.2 Å². The average Bonchev–Trinajstić information content (AvgIpc) is 2.50. The standard InChI is InChI=1S/C21H28O4/c1-11(2)17(22)9-19(24)16-8-13(5)21(15(7)14(16)6)20(25)10-18(23)12(3)4/h8,11-12H,9-10H2,1-7H3. The van der Waals surface area contributed by atoms with E-state index in [-0.39, 0.29) is 47.8 Å². The second-order valence-electron chi connectivity index (χ2n) is 7.31. The monoisotopic (exact) mass is 344 g/mol. The predicted octanol–water partition coefficient (Wildman–Crippen LogP) is 4.21. The van der Waals surface area contributed by atoms with Crippen molar-refractivity contribution in [2.75, 3.05) is 0 Å². The Kier molecular flexibility index (Phi) is 6.97. The van der Waals surface area contributed by atoms with Crippen molar-refractivity contribution >= 4 is 23.1 Å². The van der Waals surface area contributed by atoms with Crippen LogP contribution in [-0.4, -0.2) is 23.1 Å². The van der Waals surface area contributed by atoms with Crippen LogP contribution in [0.5, 0.6) is 0 Å². The number of Topliss-reactive ketones (excluding diaryl/α,β-unsaturated/α-hetero) is 4. The molecule has 1 aromatic carbocycles. The molecule has 4 nitrogen and oxygen atoms in total. The molecule has 1 rings (SSSR count). The van der Waals surface area contributed by atoms with Gasteiger partial charge in [-0.15, -0.1) is 0 Å². The van der Waals surface area contributed by atoms with Crippen LogP contribution in [0.3, 0.4) is 0 Å². The summed E-state index contributed by atoms with van der Waals surface area (Å²) in [4.78, 5) is 48.8. The Morgan fingerprint density at radius 3 is 1.64 bits per heavy atom. The molecule has 0 N–H and O–H groups in total. The smallest absolute Gasteiger partial charge is 0.170 e. The first-order valence-electron chi connectivity index (χ1n) is 8.69. The van der Waals surface area contributed by atoms with Crippen LogP contribution in [0.4, 0.5) is 0 Å². The lowest BCUT2D eigenvalue weighted by molar-refractivity contribution is -0.121. The lowest BCUT2D eigenvalue weighted by atomic mass is 9.86. The first-order valence-corrected chi connectivity index (χ1v) is 8.69. The maximum absolute atomic E-state index is 12.5. The molecule has 136 valence electrons. The molecule has 25 heavy (non-hydrogen) atoms. The molecule has 0 heterocycles. The highest BCUT2D eigenvalue weighted by atomic mass is 16.2. The van der Waals surface area contributed by atoms with Crippen LogP contribution in [0.25, 0.3) is 0 Å². The summed E-state index contributed by atoms with van der Waals surface area (Å²) in [6.45, 7) is 12.4. The summed E-state index contributed by atoms with van der Waals surface area (Å²) in [5.41, 5.74) is 3.08. The zero-order valence-corrected chi connectivity index (χ0v) is 16.3. The van der Waals surface area contributed by atoms with Crippen LogP contribution in [-0.2, 0) is 9.59 Å². The van der Waals surface area contributed by atoms with Gasteiger partial charge in [0.1, 0.15) is 11.6 Å². The molecule has 0 atom stereocenters. The van der Waals surface area contributed by atoms with Gasteiger partial charge < -0.3 is 0 Å². The quantitative estimate of drug-likeness (QED) is 0.523.